The van der Waals surface area contributed by atoms with Crippen molar-refractivity contribution < 1.29 is 28.5 Å². The van der Waals surface area contributed by atoms with Gasteiger partial charge in [-0.2, -0.15) is 0 Å². The number of carbonyl (C=O) groups excluding carboxylic acids is 1. The molecule has 3 heterocycles. The van der Waals surface area contributed by atoms with Crippen molar-refractivity contribution in [2.24, 2.45) is 0 Å². The van der Waals surface area contributed by atoms with Gasteiger partial charge < -0.3 is 34.3 Å². The van der Waals surface area contributed by atoms with E-state index in [0.29, 0.717) is 44.0 Å². The first-order valence-electron chi connectivity index (χ1n) is 12.8. The molecule has 12 heteroatoms. The number of anilines is 2. The molecule has 0 unspecified atom stereocenters. The van der Waals surface area contributed by atoms with Crippen molar-refractivity contribution in [1.82, 2.24) is 15.1 Å². The summed E-state index contributed by atoms with van der Waals surface area (Å²) in [6, 6.07) is 1.78. The van der Waals surface area contributed by atoms with Crippen LogP contribution >= 0.6 is 11.6 Å². The van der Waals surface area contributed by atoms with E-state index in [1.54, 1.807) is 13.0 Å². The number of rotatable bonds is 15. The van der Waals surface area contributed by atoms with Crippen LogP contribution in [0.15, 0.2) is 6.07 Å². The summed E-state index contributed by atoms with van der Waals surface area (Å²) in [5.41, 5.74) is 6.77. The zero-order chi connectivity index (χ0) is 25.6. The normalized spacial score (nSPS) is 18.0. The number of nitrogens with two attached hydrogens (primary N) is 1. The quantitative estimate of drug-likeness (QED) is 0.264. The molecule has 0 bridgehead atoms. The third kappa shape index (κ3) is 9.60. The number of ether oxygens (including phenoxy) is 5. The number of esters is 1. The Kier molecular flexibility index (Phi) is 12.4. The molecule has 204 valence electrons. The van der Waals surface area contributed by atoms with Crippen LogP contribution in [0.2, 0.25) is 5.15 Å². The summed E-state index contributed by atoms with van der Waals surface area (Å²) < 4.78 is 27.3. The van der Waals surface area contributed by atoms with Crippen molar-refractivity contribution in [2.75, 3.05) is 96.2 Å². The van der Waals surface area contributed by atoms with Gasteiger partial charge in [-0.05, 0) is 39.2 Å². The van der Waals surface area contributed by atoms with Crippen LogP contribution in [0, 0.1) is 0 Å². The first-order chi connectivity index (χ1) is 17.5. The maximum absolute atomic E-state index is 11.1. The molecule has 1 spiro atoms. The Morgan fingerprint density at radius 2 is 1.81 bits per heavy atom. The van der Waals surface area contributed by atoms with E-state index >= 15 is 0 Å². The minimum absolute atomic E-state index is 0.0375. The lowest BCUT2D eigenvalue weighted by molar-refractivity contribution is -0.149. The fourth-order valence-corrected chi connectivity index (χ4v) is 4.67. The number of morpholine rings is 1. The van der Waals surface area contributed by atoms with E-state index in [1.165, 1.54) is 0 Å². The van der Waals surface area contributed by atoms with Crippen LogP contribution in [0.5, 0.6) is 0 Å². The first kappa shape index (κ1) is 28.8. The zero-order valence-corrected chi connectivity index (χ0v) is 22.0. The minimum Gasteiger partial charge on any atom is -0.464 e. The lowest BCUT2D eigenvalue weighted by Crippen LogP contribution is -2.57. The molecule has 0 radical (unpaired) electrons. The SMILES string of the molecule is CCOC(=O)COCCOCCOCCCCN1CCOC2(CCN(c3cc(Cl)nnc3N)CC2)C1. The second-order valence-corrected chi connectivity index (χ2v) is 9.41. The summed E-state index contributed by atoms with van der Waals surface area (Å²) in [5, 5.41) is 8.10. The molecule has 0 saturated carbocycles. The summed E-state index contributed by atoms with van der Waals surface area (Å²) in [7, 11) is 0. The van der Waals surface area contributed by atoms with E-state index in [4.69, 9.17) is 41.0 Å². The Balaban J connectivity index is 1.21. The molecule has 2 aliphatic rings. The largest absolute Gasteiger partial charge is 0.464 e. The van der Waals surface area contributed by atoms with Crippen LogP contribution in [0.1, 0.15) is 32.6 Å². The van der Waals surface area contributed by atoms with Crippen LogP contribution in [0.4, 0.5) is 11.5 Å². The number of hydrogen-bond donors (Lipinski definition) is 1. The maximum atomic E-state index is 11.1. The Morgan fingerprint density at radius 3 is 2.56 bits per heavy atom. The number of carbonyl (C=O) groups is 1. The predicted octanol–water partition coefficient (Wildman–Crippen LogP) is 1.78. The van der Waals surface area contributed by atoms with Gasteiger partial charge in [-0.1, -0.05) is 11.6 Å². The number of aromatic nitrogens is 2. The number of unbranched alkanes of at least 4 members (excludes halogenated alkanes) is 1. The standard InChI is InChI=1S/C24H40ClN5O6/c1-2-35-22(31)18-34-16-15-33-14-13-32-11-4-3-7-29-10-12-36-24(19-29)5-8-30(9-6-24)20-17-21(25)27-28-23(20)26/h17H,2-16,18-19H2,1H3,(H2,26,28). The smallest absolute Gasteiger partial charge is 0.332 e. The summed E-state index contributed by atoms with van der Waals surface area (Å²) in [5.74, 6) is 0.0592. The molecule has 3 rings (SSSR count). The van der Waals surface area contributed by atoms with E-state index < -0.39 is 0 Å². The molecule has 11 nitrogen and oxygen atoms in total. The van der Waals surface area contributed by atoms with Gasteiger partial charge in [0.2, 0.25) is 0 Å². The zero-order valence-electron chi connectivity index (χ0n) is 21.3. The molecule has 1 aromatic rings. The van der Waals surface area contributed by atoms with Gasteiger partial charge in [-0.3, -0.25) is 4.90 Å². The Hall–Kier alpha value is -1.76. The lowest BCUT2D eigenvalue weighted by atomic mass is 9.89. The van der Waals surface area contributed by atoms with Gasteiger partial charge >= 0.3 is 5.97 Å². The van der Waals surface area contributed by atoms with Crippen LogP contribution < -0.4 is 10.6 Å². The number of piperidine rings is 1. The van der Waals surface area contributed by atoms with Gasteiger partial charge in [0.15, 0.2) is 11.0 Å². The topological polar surface area (TPSA) is 122 Å². The monoisotopic (exact) mass is 529 g/mol. The Labute approximate surface area is 218 Å². The van der Waals surface area contributed by atoms with Gasteiger partial charge in [-0.15, -0.1) is 10.2 Å². The molecule has 2 N–H and O–H groups in total. The van der Waals surface area contributed by atoms with Gasteiger partial charge in [0.05, 0.1) is 50.9 Å². The third-order valence-corrected chi connectivity index (χ3v) is 6.58. The molecular weight excluding hydrogens is 490 g/mol. The maximum Gasteiger partial charge on any atom is 0.332 e. The van der Waals surface area contributed by atoms with Crippen molar-refractivity contribution in [1.29, 1.82) is 0 Å². The third-order valence-electron chi connectivity index (χ3n) is 6.40. The van der Waals surface area contributed by atoms with Crippen LogP contribution in [0.3, 0.4) is 0 Å². The molecule has 2 saturated heterocycles. The minimum atomic E-state index is -0.353. The molecule has 1 aromatic heterocycles. The van der Waals surface area contributed by atoms with E-state index in [-0.39, 0.29) is 18.2 Å². The summed E-state index contributed by atoms with van der Waals surface area (Å²) in [6.45, 7) is 10.1. The molecular formula is C24H40ClN5O6. The predicted molar refractivity (Wildman–Crippen MR) is 136 cm³/mol. The highest BCUT2D eigenvalue weighted by Gasteiger charge is 2.39. The number of halogens is 1. The van der Waals surface area contributed by atoms with E-state index in [9.17, 15) is 4.79 Å². The van der Waals surface area contributed by atoms with Crippen molar-refractivity contribution in [3.05, 3.63) is 11.2 Å². The molecule has 2 aliphatic heterocycles. The van der Waals surface area contributed by atoms with E-state index in [1.807, 2.05) is 0 Å². The van der Waals surface area contributed by atoms with Gasteiger partial charge in [0, 0.05) is 38.9 Å². The van der Waals surface area contributed by atoms with E-state index in [2.05, 4.69) is 20.0 Å². The molecule has 36 heavy (non-hydrogen) atoms. The van der Waals surface area contributed by atoms with Gasteiger partial charge in [0.25, 0.3) is 0 Å². The van der Waals surface area contributed by atoms with Crippen molar-refractivity contribution >= 4 is 29.1 Å². The fraction of sp³-hybridized carbons (Fsp3) is 0.792. The van der Waals surface area contributed by atoms with Crippen LogP contribution in [0.25, 0.3) is 0 Å². The molecule has 0 amide bonds. The lowest BCUT2D eigenvalue weighted by Gasteiger charge is -2.48. The molecule has 0 aliphatic carbocycles. The van der Waals surface area contributed by atoms with Crippen molar-refractivity contribution in [3.8, 4) is 0 Å². The summed E-state index contributed by atoms with van der Waals surface area (Å²) >= 11 is 6.01. The highest BCUT2D eigenvalue weighted by molar-refractivity contribution is 6.29. The first-order valence-corrected chi connectivity index (χ1v) is 13.2. The fourth-order valence-electron chi connectivity index (χ4n) is 4.53. The van der Waals surface area contributed by atoms with Crippen LogP contribution in [-0.2, 0) is 28.5 Å². The van der Waals surface area contributed by atoms with Crippen molar-refractivity contribution in [2.45, 2.75) is 38.2 Å². The number of nitrogen functional groups attached to an aromatic ring is 1. The molecule has 0 aromatic carbocycles. The van der Waals surface area contributed by atoms with E-state index in [0.717, 1.165) is 77.3 Å². The highest BCUT2D eigenvalue weighted by Crippen LogP contribution is 2.34. The average Bonchev–Trinajstić information content (AvgIpc) is 2.87. The van der Waals surface area contributed by atoms with Crippen LogP contribution in [-0.4, -0.2) is 112 Å². The Bertz CT molecular complexity index is 796. The Morgan fingerprint density at radius 1 is 1.08 bits per heavy atom. The second kappa shape index (κ2) is 15.5. The average molecular weight is 530 g/mol. The highest BCUT2D eigenvalue weighted by atomic mass is 35.5. The molecule has 0 atom stereocenters. The van der Waals surface area contributed by atoms with Crippen molar-refractivity contribution in [3.63, 3.8) is 0 Å². The molecule has 2 fully saturated rings. The number of hydrogen-bond acceptors (Lipinski definition) is 11. The summed E-state index contributed by atoms with van der Waals surface area (Å²) in [6.07, 6.45) is 3.98. The van der Waals surface area contributed by atoms with Gasteiger partial charge in [-0.25, -0.2) is 4.79 Å². The summed E-state index contributed by atoms with van der Waals surface area (Å²) in [4.78, 5) is 15.9. The number of nitrogens with zero attached hydrogens (tertiary/aromatic N) is 4. The second-order valence-electron chi connectivity index (χ2n) is 9.02. The van der Waals surface area contributed by atoms with Gasteiger partial charge in [0.1, 0.15) is 6.61 Å².